The second kappa shape index (κ2) is 4.72. The van der Waals surface area contributed by atoms with Gasteiger partial charge in [-0.2, -0.15) is 0 Å². The second-order valence-electron chi connectivity index (χ2n) is 3.03. The van der Waals surface area contributed by atoms with Crippen LogP contribution in [0, 0.1) is 6.92 Å². The fourth-order valence-electron chi connectivity index (χ4n) is 1.18. The van der Waals surface area contributed by atoms with Gasteiger partial charge in [0, 0.05) is 25.4 Å². The molecule has 1 aromatic heterocycles. The van der Waals surface area contributed by atoms with Gasteiger partial charge in [0.15, 0.2) is 6.10 Å². The lowest BCUT2D eigenvalue weighted by Crippen LogP contribution is -2.25. The van der Waals surface area contributed by atoms with Crippen molar-refractivity contribution >= 4 is 5.97 Å². The third-order valence-corrected chi connectivity index (χ3v) is 2.06. The summed E-state index contributed by atoms with van der Waals surface area (Å²) in [7, 11) is 1.39. The van der Waals surface area contributed by atoms with Crippen molar-refractivity contribution in [2.24, 2.45) is 0 Å². The lowest BCUT2D eigenvalue weighted by atomic mass is 10.1. The van der Waals surface area contributed by atoms with Crippen molar-refractivity contribution < 1.29 is 14.6 Å². The minimum atomic E-state index is -0.961. The molecule has 0 bridgehead atoms. The van der Waals surface area contributed by atoms with Crippen LogP contribution in [0.2, 0.25) is 0 Å². The smallest absolute Gasteiger partial charge is 0.333 e. The molecule has 0 radical (unpaired) electrons. The van der Waals surface area contributed by atoms with Crippen LogP contribution in [0.15, 0.2) is 18.3 Å². The number of aryl methyl sites for hydroxylation is 1. The maximum atomic E-state index is 10.7. The first-order chi connectivity index (χ1) is 6.65. The molecule has 76 valence electrons. The topological polar surface area (TPSA) is 59.4 Å². The van der Waals surface area contributed by atoms with Crippen LogP contribution in [-0.4, -0.2) is 29.3 Å². The maximum absolute atomic E-state index is 10.7. The number of carbonyl (C=O) groups is 1. The Labute approximate surface area is 82.5 Å². The Bertz CT molecular complexity index is 325. The molecular formula is C10H13NO3. The van der Waals surface area contributed by atoms with Crippen molar-refractivity contribution in [2.45, 2.75) is 19.4 Å². The number of methoxy groups -OCH3 is 1. The summed E-state index contributed by atoms with van der Waals surface area (Å²) in [6, 6.07) is 3.72. The van der Waals surface area contributed by atoms with Crippen LogP contribution in [-0.2, 0) is 16.0 Å². The van der Waals surface area contributed by atoms with Gasteiger partial charge < -0.3 is 9.84 Å². The SMILES string of the molecule is COC(Cc1ncccc1C)C(=O)O. The Kier molecular flexibility index (Phi) is 3.59. The van der Waals surface area contributed by atoms with Gasteiger partial charge in [-0.05, 0) is 18.6 Å². The summed E-state index contributed by atoms with van der Waals surface area (Å²) in [4.78, 5) is 14.8. The van der Waals surface area contributed by atoms with E-state index in [4.69, 9.17) is 9.84 Å². The van der Waals surface area contributed by atoms with Crippen LogP contribution in [0.1, 0.15) is 11.3 Å². The van der Waals surface area contributed by atoms with E-state index < -0.39 is 12.1 Å². The zero-order chi connectivity index (χ0) is 10.6. The molecule has 1 rings (SSSR count). The highest BCUT2D eigenvalue weighted by Crippen LogP contribution is 2.08. The lowest BCUT2D eigenvalue weighted by Gasteiger charge is -2.10. The van der Waals surface area contributed by atoms with Crippen molar-refractivity contribution in [1.29, 1.82) is 0 Å². The van der Waals surface area contributed by atoms with Gasteiger partial charge in [-0.25, -0.2) is 4.79 Å². The van der Waals surface area contributed by atoms with E-state index in [-0.39, 0.29) is 0 Å². The molecule has 0 aliphatic carbocycles. The van der Waals surface area contributed by atoms with Gasteiger partial charge in [0.05, 0.1) is 0 Å². The van der Waals surface area contributed by atoms with Crippen LogP contribution in [0.4, 0.5) is 0 Å². The fourth-order valence-corrected chi connectivity index (χ4v) is 1.18. The average molecular weight is 195 g/mol. The lowest BCUT2D eigenvalue weighted by molar-refractivity contribution is -0.148. The van der Waals surface area contributed by atoms with E-state index in [0.717, 1.165) is 11.3 Å². The zero-order valence-corrected chi connectivity index (χ0v) is 8.23. The Hall–Kier alpha value is -1.42. The molecule has 4 nitrogen and oxygen atoms in total. The molecule has 0 saturated heterocycles. The minimum Gasteiger partial charge on any atom is -0.479 e. The van der Waals surface area contributed by atoms with Gasteiger partial charge in [-0.3, -0.25) is 4.98 Å². The van der Waals surface area contributed by atoms with E-state index in [2.05, 4.69) is 4.98 Å². The van der Waals surface area contributed by atoms with E-state index in [1.807, 2.05) is 19.1 Å². The van der Waals surface area contributed by atoms with Crippen molar-refractivity contribution in [3.05, 3.63) is 29.6 Å². The number of aromatic nitrogens is 1. The van der Waals surface area contributed by atoms with E-state index in [9.17, 15) is 4.79 Å². The summed E-state index contributed by atoms with van der Waals surface area (Å²) in [5.74, 6) is -0.961. The first-order valence-electron chi connectivity index (χ1n) is 4.31. The predicted octanol–water partition coefficient (Wildman–Crippen LogP) is 1.03. The molecule has 1 N–H and O–H groups in total. The molecule has 1 unspecified atom stereocenters. The van der Waals surface area contributed by atoms with Gasteiger partial charge in [0.2, 0.25) is 0 Å². The van der Waals surface area contributed by atoms with Crippen LogP contribution in [0.3, 0.4) is 0 Å². The van der Waals surface area contributed by atoms with Gasteiger partial charge in [0.25, 0.3) is 0 Å². The molecule has 0 aliphatic heterocycles. The first-order valence-corrected chi connectivity index (χ1v) is 4.31. The number of pyridine rings is 1. The molecule has 0 aromatic carbocycles. The van der Waals surface area contributed by atoms with E-state index in [1.165, 1.54) is 7.11 Å². The largest absolute Gasteiger partial charge is 0.479 e. The van der Waals surface area contributed by atoms with Crippen molar-refractivity contribution in [3.63, 3.8) is 0 Å². The number of hydrogen-bond donors (Lipinski definition) is 1. The third-order valence-electron chi connectivity index (χ3n) is 2.06. The summed E-state index contributed by atoms with van der Waals surface area (Å²) in [6.07, 6.45) is 1.14. The summed E-state index contributed by atoms with van der Waals surface area (Å²) in [5, 5.41) is 8.77. The highest BCUT2D eigenvalue weighted by Gasteiger charge is 2.18. The van der Waals surface area contributed by atoms with Crippen molar-refractivity contribution in [1.82, 2.24) is 4.98 Å². The van der Waals surface area contributed by atoms with Gasteiger partial charge in [-0.15, -0.1) is 0 Å². The summed E-state index contributed by atoms with van der Waals surface area (Å²) in [5.41, 5.74) is 1.75. The molecule has 0 fully saturated rings. The molecule has 14 heavy (non-hydrogen) atoms. The molecule has 0 saturated carbocycles. The number of rotatable bonds is 4. The Morgan fingerprint density at radius 1 is 1.71 bits per heavy atom. The highest BCUT2D eigenvalue weighted by molar-refractivity contribution is 5.72. The first kappa shape index (κ1) is 10.7. The number of nitrogens with zero attached hydrogens (tertiary/aromatic N) is 1. The van der Waals surface area contributed by atoms with Crippen molar-refractivity contribution in [2.75, 3.05) is 7.11 Å². The number of hydrogen-bond acceptors (Lipinski definition) is 3. The van der Waals surface area contributed by atoms with E-state index in [1.54, 1.807) is 6.20 Å². The number of carboxylic acid groups (broad SMARTS) is 1. The molecule has 1 aromatic rings. The quantitative estimate of drug-likeness (QED) is 0.779. The normalized spacial score (nSPS) is 12.4. The summed E-state index contributed by atoms with van der Waals surface area (Å²) < 4.78 is 4.83. The molecule has 1 heterocycles. The van der Waals surface area contributed by atoms with Crippen molar-refractivity contribution in [3.8, 4) is 0 Å². The zero-order valence-electron chi connectivity index (χ0n) is 8.23. The number of ether oxygens (including phenoxy) is 1. The molecule has 4 heteroatoms. The van der Waals surface area contributed by atoms with Crippen LogP contribution in [0.25, 0.3) is 0 Å². The fraction of sp³-hybridized carbons (Fsp3) is 0.400. The van der Waals surface area contributed by atoms with Crippen LogP contribution in [0.5, 0.6) is 0 Å². The molecular weight excluding hydrogens is 182 g/mol. The third kappa shape index (κ3) is 2.53. The maximum Gasteiger partial charge on any atom is 0.333 e. The standard InChI is InChI=1S/C10H13NO3/c1-7-4-3-5-11-8(7)6-9(14-2)10(12)13/h3-5,9H,6H2,1-2H3,(H,12,13). The second-order valence-corrected chi connectivity index (χ2v) is 3.03. The summed E-state index contributed by atoms with van der Waals surface area (Å²) >= 11 is 0. The molecule has 0 spiro atoms. The summed E-state index contributed by atoms with van der Waals surface area (Å²) in [6.45, 7) is 1.90. The van der Waals surface area contributed by atoms with Gasteiger partial charge in [0.1, 0.15) is 0 Å². The monoisotopic (exact) mass is 195 g/mol. The Balaban J connectivity index is 2.77. The molecule has 0 aliphatic rings. The van der Waals surface area contributed by atoms with Crippen LogP contribution >= 0.6 is 0 Å². The predicted molar refractivity (Wildman–Crippen MR) is 51.1 cm³/mol. The van der Waals surface area contributed by atoms with Gasteiger partial charge in [-0.1, -0.05) is 6.07 Å². The number of aliphatic carboxylic acids is 1. The average Bonchev–Trinajstić information content (AvgIpc) is 2.16. The minimum absolute atomic E-state index is 0.304. The van der Waals surface area contributed by atoms with E-state index >= 15 is 0 Å². The van der Waals surface area contributed by atoms with Crippen LogP contribution < -0.4 is 0 Å². The van der Waals surface area contributed by atoms with Gasteiger partial charge >= 0.3 is 5.97 Å². The Morgan fingerprint density at radius 2 is 2.43 bits per heavy atom. The Morgan fingerprint density at radius 3 is 2.93 bits per heavy atom. The molecule has 1 atom stereocenters. The highest BCUT2D eigenvalue weighted by atomic mass is 16.5. The molecule has 0 amide bonds. The number of carboxylic acids is 1. The van der Waals surface area contributed by atoms with E-state index in [0.29, 0.717) is 6.42 Å².